The molecular weight excluding hydrogens is 454 g/mol. The van der Waals surface area contributed by atoms with Crippen LogP contribution in [0.3, 0.4) is 0 Å². The van der Waals surface area contributed by atoms with Gasteiger partial charge < -0.3 is 14.4 Å². The van der Waals surface area contributed by atoms with Crippen molar-refractivity contribution in [3.8, 4) is 5.69 Å². The molecule has 0 unspecified atom stereocenters. The Morgan fingerprint density at radius 2 is 1.39 bits per heavy atom. The fourth-order valence-electron chi connectivity index (χ4n) is 5.12. The number of hydrogen-bond acceptors (Lipinski definition) is 4. The molecule has 3 heterocycles. The molecule has 0 aliphatic carbocycles. The van der Waals surface area contributed by atoms with Crippen molar-refractivity contribution in [1.82, 2.24) is 18.6 Å². The Kier molecular flexibility index (Phi) is 7.24. The van der Waals surface area contributed by atoms with E-state index in [0.717, 1.165) is 23.5 Å². The van der Waals surface area contributed by atoms with Crippen LogP contribution in [-0.4, -0.2) is 50.7 Å². The zero-order valence-corrected chi connectivity index (χ0v) is 22.2. The summed E-state index contributed by atoms with van der Waals surface area (Å²) in [5, 5.41) is 0. The number of hydrogen-bond donors (Lipinski definition) is 0. The number of carbonyl (C=O) groups excluding carboxylic acids is 1. The van der Waals surface area contributed by atoms with Crippen LogP contribution in [0.2, 0.25) is 0 Å². The maximum Gasteiger partial charge on any atom is 0.333 e. The first-order valence-corrected chi connectivity index (χ1v) is 12.8. The van der Waals surface area contributed by atoms with E-state index in [1.54, 1.807) is 10.6 Å². The highest BCUT2D eigenvalue weighted by atomic mass is 16.2. The Balaban J connectivity index is 1.54. The molecule has 1 aliphatic heterocycles. The van der Waals surface area contributed by atoms with Crippen LogP contribution < -0.4 is 16.1 Å². The highest BCUT2D eigenvalue weighted by molar-refractivity contribution is 5.94. The zero-order valence-electron chi connectivity index (χ0n) is 22.2. The molecule has 192 valence electrons. The van der Waals surface area contributed by atoms with Crippen LogP contribution >= 0.6 is 0 Å². The molecule has 8 nitrogen and oxygen atoms in total. The predicted molar refractivity (Wildman–Crippen MR) is 144 cm³/mol. The zero-order chi connectivity index (χ0) is 26.1. The Morgan fingerprint density at radius 1 is 0.778 bits per heavy atom. The molecule has 8 heteroatoms. The van der Waals surface area contributed by atoms with E-state index < -0.39 is 0 Å². The van der Waals surface area contributed by atoms with Gasteiger partial charge in [0.05, 0.1) is 0 Å². The minimum atomic E-state index is -0.285. The first-order valence-electron chi connectivity index (χ1n) is 12.8. The van der Waals surface area contributed by atoms with E-state index in [-0.39, 0.29) is 29.2 Å². The molecule has 0 spiro atoms. The maximum atomic E-state index is 13.3. The van der Waals surface area contributed by atoms with Crippen LogP contribution in [0.1, 0.15) is 67.9 Å². The molecule has 0 saturated carbocycles. The lowest BCUT2D eigenvalue weighted by Gasteiger charge is -2.28. The van der Waals surface area contributed by atoms with E-state index in [4.69, 9.17) is 0 Å². The van der Waals surface area contributed by atoms with Crippen molar-refractivity contribution >= 4 is 11.7 Å². The summed E-state index contributed by atoms with van der Waals surface area (Å²) in [7, 11) is 0. The molecule has 1 saturated heterocycles. The lowest BCUT2D eigenvalue weighted by Crippen LogP contribution is -2.45. The van der Waals surface area contributed by atoms with Gasteiger partial charge >= 0.3 is 5.69 Å². The summed E-state index contributed by atoms with van der Waals surface area (Å²) in [6, 6.07) is 13.2. The van der Waals surface area contributed by atoms with Gasteiger partial charge in [-0.15, -0.1) is 0 Å². The Morgan fingerprint density at radius 3 is 1.97 bits per heavy atom. The smallest absolute Gasteiger partial charge is 0.333 e. The fraction of sp³-hybridized carbons (Fsp3) is 0.464. The molecule has 1 aliphatic rings. The van der Waals surface area contributed by atoms with E-state index >= 15 is 0 Å². The van der Waals surface area contributed by atoms with Gasteiger partial charge in [0, 0.05) is 67.0 Å². The number of aryl methyl sites for hydroxylation is 2. The lowest BCUT2D eigenvalue weighted by atomic mass is 10.1. The number of carbonyl (C=O) groups is 1. The van der Waals surface area contributed by atoms with Crippen molar-refractivity contribution in [3.05, 3.63) is 80.3 Å². The van der Waals surface area contributed by atoms with E-state index in [2.05, 4.69) is 35.4 Å². The summed E-state index contributed by atoms with van der Waals surface area (Å²) in [6.07, 6.45) is 0.755. The number of aromatic nitrogens is 3. The second-order valence-corrected chi connectivity index (χ2v) is 10.2. The summed E-state index contributed by atoms with van der Waals surface area (Å²) in [4.78, 5) is 43.2. The fourth-order valence-corrected chi connectivity index (χ4v) is 5.12. The molecule has 1 fully saturated rings. The molecule has 4 rings (SSSR count). The second kappa shape index (κ2) is 10.2. The van der Waals surface area contributed by atoms with E-state index in [0.29, 0.717) is 37.6 Å². The third-order valence-electron chi connectivity index (χ3n) is 6.93. The first kappa shape index (κ1) is 25.5. The van der Waals surface area contributed by atoms with E-state index in [1.165, 1.54) is 4.57 Å². The van der Waals surface area contributed by atoms with Crippen LogP contribution in [0, 0.1) is 13.8 Å². The summed E-state index contributed by atoms with van der Waals surface area (Å²) in [5.74, 6) is 0.633. The molecule has 1 aromatic carbocycles. The summed E-state index contributed by atoms with van der Waals surface area (Å²) in [6.45, 7) is 14.1. The highest BCUT2D eigenvalue weighted by Gasteiger charge is 2.24. The molecule has 0 atom stereocenters. The number of anilines is 1. The largest absolute Gasteiger partial charge is 0.356 e. The molecule has 0 N–H and O–H groups in total. The third kappa shape index (κ3) is 4.76. The van der Waals surface area contributed by atoms with Crippen molar-refractivity contribution in [2.75, 3.05) is 31.1 Å². The number of amides is 1. The quantitative estimate of drug-likeness (QED) is 0.542. The average molecular weight is 492 g/mol. The van der Waals surface area contributed by atoms with Crippen molar-refractivity contribution in [2.45, 2.75) is 60.0 Å². The van der Waals surface area contributed by atoms with Crippen LogP contribution in [0.5, 0.6) is 0 Å². The predicted octanol–water partition coefficient (Wildman–Crippen LogP) is 3.93. The van der Waals surface area contributed by atoms with Gasteiger partial charge in [-0.05, 0) is 84.4 Å². The number of nitrogens with zero attached hydrogens (tertiary/aromatic N) is 5. The number of benzene rings is 1. The van der Waals surface area contributed by atoms with Crippen molar-refractivity contribution in [3.63, 3.8) is 0 Å². The van der Waals surface area contributed by atoms with Crippen molar-refractivity contribution < 1.29 is 4.79 Å². The van der Waals surface area contributed by atoms with Gasteiger partial charge in [0.1, 0.15) is 5.82 Å². The summed E-state index contributed by atoms with van der Waals surface area (Å²) < 4.78 is 5.17. The lowest BCUT2D eigenvalue weighted by molar-refractivity contribution is 0.0767. The Bertz CT molecular complexity index is 1340. The first-order chi connectivity index (χ1) is 17.1. The Hall–Kier alpha value is -3.55. The molecular formula is C28H37N5O3. The minimum Gasteiger partial charge on any atom is -0.356 e. The van der Waals surface area contributed by atoms with Gasteiger partial charge in [-0.2, -0.15) is 0 Å². The van der Waals surface area contributed by atoms with E-state index in [1.807, 2.05) is 56.9 Å². The van der Waals surface area contributed by atoms with Crippen LogP contribution in [0.25, 0.3) is 5.69 Å². The van der Waals surface area contributed by atoms with Crippen LogP contribution in [0.15, 0.2) is 52.1 Å². The highest BCUT2D eigenvalue weighted by Crippen LogP contribution is 2.21. The van der Waals surface area contributed by atoms with Gasteiger partial charge in [0.25, 0.3) is 11.5 Å². The standard InChI is InChI=1S/C28H37N5O3/c1-19(2)31-25(18-26(34)32(20(3)4)28(31)36)29-14-7-15-30(17-16-29)27(35)23-10-12-24(13-11-23)33-21(5)8-9-22(33)6/h8-13,18-20H,7,14-17H2,1-6H3. The van der Waals surface area contributed by atoms with Crippen LogP contribution in [0.4, 0.5) is 5.82 Å². The SMILES string of the molecule is Cc1ccc(C)n1-c1ccc(C(=O)N2CCCN(c3cc(=O)n(C(C)C)c(=O)n3C(C)C)CC2)cc1. The average Bonchev–Trinajstić information content (AvgIpc) is 3.01. The maximum absolute atomic E-state index is 13.3. The molecule has 0 bridgehead atoms. The molecule has 36 heavy (non-hydrogen) atoms. The van der Waals surface area contributed by atoms with Crippen molar-refractivity contribution in [2.24, 2.45) is 0 Å². The topological polar surface area (TPSA) is 72.5 Å². The van der Waals surface area contributed by atoms with Gasteiger partial charge in [0.2, 0.25) is 0 Å². The summed E-state index contributed by atoms with van der Waals surface area (Å²) >= 11 is 0. The summed E-state index contributed by atoms with van der Waals surface area (Å²) in [5.41, 5.74) is 3.44. The minimum absolute atomic E-state index is 0.000764. The van der Waals surface area contributed by atoms with E-state index in [9.17, 15) is 14.4 Å². The van der Waals surface area contributed by atoms with Gasteiger partial charge in [-0.1, -0.05) is 0 Å². The third-order valence-corrected chi connectivity index (χ3v) is 6.93. The molecule has 1 amide bonds. The van der Waals surface area contributed by atoms with Crippen molar-refractivity contribution in [1.29, 1.82) is 0 Å². The normalized spacial score (nSPS) is 14.6. The number of rotatable bonds is 5. The molecule has 2 aromatic heterocycles. The molecule has 3 aromatic rings. The second-order valence-electron chi connectivity index (χ2n) is 10.2. The van der Waals surface area contributed by atoms with Gasteiger partial charge in [-0.3, -0.25) is 18.7 Å². The Labute approximate surface area is 212 Å². The monoisotopic (exact) mass is 491 g/mol. The van der Waals surface area contributed by atoms with Crippen LogP contribution in [-0.2, 0) is 0 Å². The van der Waals surface area contributed by atoms with Gasteiger partial charge in [-0.25, -0.2) is 4.79 Å². The molecule has 0 radical (unpaired) electrons. The van der Waals surface area contributed by atoms with Gasteiger partial charge in [0.15, 0.2) is 0 Å².